The Balaban J connectivity index is 2.36. The number of aromatic nitrogens is 1. The molecule has 0 aromatic carbocycles. The van der Waals surface area contributed by atoms with E-state index in [4.69, 9.17) is 4.74 Å². The number of pyridine rings is 1. The molecule has 1 aliphatic rings. The molecule has 1 aromatic rings. The summed E-state index contributed by atoms with van der Waals surface area (Å²) in [6.45, 7) is 6.81. The summed E-state index contributed by atoms with van der Waals surface area (Å²) in [6, 6.07) is 1.92. The maximum atomic E-state index is 11.0. The molecule has 2 rings (SSSR count). The smallest absolute Gasteiger partial charge is 0.137 e. The van der Waals surface area contributed by atoms with E-state index < -0.39 is 5.60 Å². The number of nitrogens with zero attached hydrogens (tertiary/aromatic N) is 1. The van der Waals surface area contributed by atoms with Gasteiger partial charge in [-0.15, -0.1) is 0 Å². The summed E-state index contributed by atoms with van der Waals surface area (Å²) in [5.41, 5.74) is -0.0912. The second-order valence-electron chi connectivity index (χ2n) is 5.39. The molecule has 18 heavy (non-hydrogen) atoms. The molecule has 0 amide bonds. The second-order valence-corrected chi connectivity index (χ2v) is 6.49. The summed E-state index contributed by atoms with van der Waals surface area (Å²) in [6.07, 6.45) is 4.46. The van der Waals surface area contributed by atoms with Gasteiger partial charge in [0.05, 0.1) is 12.8 Å². The van der Waals surface area contributed by atoms with Gasteiger partial charge in [0.2, 0.25) is 0 Å². The van der Waals surface area contributed by atoms with Crippen LogP contribution in [0.5, 0.6) is 5.75 Å². The standard InChI is InChI=1S/C14H21NO2S/c1-4-17-12-7-11(8-15-9-12)14(16)10-18-6-5-13(14,2)3/h7-9,16H,4-6,10H2,1-3H3. The zero-order chi connectivity index (χ0) is 13.2. The molecule has 1 atom stereocenters. The molecule has 0 radical (unpaired) electrons. The Bertz CT molecular complexity index is 422. The van der Waals surface area contributed by atoms with E-state index in [-0.39, 0.29) is 5.41 Å². The van der Waals surface area contributed by atoms with Crippen molar-refractivity contribution >= 4 is 11.8 Å². The van der Waals surface area contributed by atoms with Crippen LogP contribution in [0, 0.1) is 5.41 Å². The van der Waals surface area contributed by atoms with Gasteiger partial charge in [0, 0.05) is 17.5 Å². The van der Waals surface area contributed by atoms with Gasteiger partial charge in [-0.3, -0.25) is 4.98 Å². The van der Waals surface area contributed by atoms with Crippen LogP contribution in [-0.4, -0.2) is 28.2 Å². The molecule has 1 saturated heterocycles. The number of thioether (sulfide) groups is 1. The lowest BCUT2D eigenvalue weighted by molar-refractivity contribution is -0.0582. The van der Waals surface area contributed by atoms with Crippen LogP contribution in [0.2, 0.25) is 0 Å². The van der Waals surface area contributed by atoms with E-state index in [0.717, 1.165) is 29.2 Å². The molecular weight excluding hydrogens is 246 g/mol. The van der Waals surface area contributed by atoms with E-state index in [1.54, 1.807) is 24.2 Å². The van der Waals surface area contributed by atoms with Crippen LogP contribution in [-0.2, 0) is 5.60 Å². The normalized spacial score (nSPS) is 26.9. The fraction of sp³-hybridized carbons (Fsp3) is 0.643. The van der Waals surface area contributed by atoms with E-state index in [1.165, 1.54) is 0 Å². The van der Waals surface area contributed by atoms with E-state index >= 15 is 0 Å². The van der Waals surface area contributed by atoms with Crippen molar-refractivity contribution in [1.29, 1.82) is 0 Å². The van der Waals surface area contributed by atoms with E-state index in [9.17, 15) is 5.11 Å². The summed E-state index contributed by atoms with van der Waals surface area (Å²) in [4.78, 5) is 4.19. The van der Waals surface area contributed by atoms with Crippen LogP contribution in [0.25, 0.3) is 0 Å². The van der Waals surface area contributed by atoms with Crippen molar-refractivity contribution in [2.75, 3.05) is 18.1 Å². The molecule has 1 fully saturated rings. The molecule has 3 nitrogen and oxygen atoms in total. The number of rotatable bonds is 3. The fourth-order valence-electron chi connectivity index (χ4n) is 2.31. The zero-order valence-corrected chi connectivity index (χ0v) is 12.1. The Hall–Kier alpha value is -0.740. The average Bonchev–Trinajstić information content (AvgIpc) is 2.34. The highest BCUT2D eigenvalue weighted by atomic mass is 32.2. The summed E-state index contributed by atoms with van der Waals surface area (Å²) >= 11 is 1.80. The molecule has 1 aliphatic heterocycles. The van der Waals surface area contributed by atoms with E-state index in [2.05, 4.69) is 18.8 Å². The van der Waals surface area contributed by atoms with Crippen molar-refractivity contribution in [3.8, 4) is 5.75 Å². The minimum Gasteiger partial charge on any atom is -0.492 e. The molecule has 1 aromatic heterocycles. The lowest BCUT2D eigenvalue weighted by atomic mass is 9.70. The van der Waals surface area contributed by atoms with Gasteiger partial charge in [-0.05, 0) is 30.6 Å². The third-order valence-corrected chi connectivity index (χ3v) is 4.92. The van der Waals surface area contributed by atoms with E-state index in [0.29, 0.717) is 6.61 Å². The summed E-state index contributed by atoms with van der Waals surface area (Å²) in [7, 11) is 0. The minimum absolute atomic E-state index is 0.134. The Morgan fingerprint density at radius 3 is 2.89 bits per heavy atom. The molecule has 1 N–H and O–H groups in total. The highest BCUT2D eigenvalue weighted by Gasteiger charge is 2.47. The first-order chi connectivity index (χ1) is 8.49. The Morgan fingerprint density at radius 2 is 2.22 bits per heavy atom. The average molecular weight is 267 g/mol. The van der Waals surface area contributed by atoms with Gasteiger partial charge >= 0.3 is 0 Å². The highest BCUT2D eigenvalue weighted by molar-refractivity contribution is 7.99. The molecule has 0 saturated carbocycles. The molecular formula is C14H21NO2S. The second kappa shape index (κ2) is 5.10. The fourth-order valence-corrected chi connectivity index (χ4v) is 3.97. The number of aliphatic hydroxyl groups is 1. The molecule has 0 bridgehead atoms. The van der Waals surface area contributed by atoms with Crippen molar-refractivity contribution in [2.45, 2.75) is 32.8 Å². The van der Waals surface area contributed by atoms with Crippen LogP contribution in [0.3, 0.4) is 0 Å². The third kappa shape index (κ3) is 2.36. The van der Waals surface area contributed by atoms with Gasteiger partial charge in [0.15, 0.2) is 0 Å². The first kappa shape index (κ1) is 13.7. The lowest BCUT2D eigenvalue weighted by Crippen LogP contribution is -2.47. The Kier molecular flexibility index (Phi) is 3.87. The van der Waals surface area contributed by atoms with Gasteiger partial charge < -0.3 is 9.84 Å². The SMILES string of the molecule is CCOc1cncc(C2(O)CSCCC2(C)C)c1. The van der Waals surface area contributed by atoms with Gasteiger partial charge in [0.1, 0.15) is 11.4 Å². The molecule has 0 spiro atoms. The topological polar surface area (TPSA) is 42.4 Å². The zero-order valence-electron chi connectivity index (χ0n) is 11.3. The number of hydrogen-bond donors (Lipinski definition) is 1. The quantitative estimate of drug-likeness (QED) is 0.914. The van der Waals surface area contributed by atoms with Crippen molar-refractivity contribution in [2.24, 2.45) is 5.41 Å². The number of hydrogen-bond acceptors (Lipinski definition) is 4. The molecule has 2 heterocycles. The monoisotopic (exact) mass is 267 g/mol. The largest absolute Gasteiger partial charge is 0.492 e. The molecule has 100 valence electrons. The van der Waals surface area contributed by atoms with Gasteiger partial charge in [-0.25, -0.2) is 0 Å². The highest BCUT2D eigenvalue weighted by Crippen LogP contribution is 2.48. The predicted octanol–water partition coefficient (Wildman–Crippen LogP) is 2.83. The van der Waals surface area contributed by atoms with E-state index in [1.807, 2.05) is 13.0 Å². The molecule has 1 unspecified atom stereocenters. The first-order valence-corrected chi connectivity index (χ1v) is 7.53. The lowest BCUT2D eigenvalue weighted by Gasteiger charge is -2.46. The van der Waals surface area contributed by atoms with Crippen molar-refractivity contribution in [3.63, 3.8) is 0 Å². The van der Waals surface area contributed by atoms with Crippen molar-refractivity contribution in [1.82, 2.24) is 4.98 Å². The summed E-state index contributed by atoms with van der Waals surface area (Å²) in [5, 5.41) is 11.0. The van der Waals surface area contributed by atoms with Crippen LogP contribution >= 0.6 is 11.8 Å². The minimum atomic E-state index is -0.823. The Labute approximate surface area is 113 Å². The maximum absolute atomic E-state index is 11.0. The van der Waals surface area contributed by atoms with Gasteiger partial charge in [-0.1, -0.05) is 13.8 Å². The number of ether oxygens (including phenoxy) is 1. The molecule has 4 heteroatoms. The first-order valence-electron chi connectivity index (χ1n) is 6.38. The van der Waals surface area contributed by atoms with Crippen LogP contribution in [0.4, 0.5) is 0 Å². The van der Waals surface area contributed by atoms with Gasteiger partial charge in [0.25, 0.3) is 0 Å². The molecule has 0 aliphatic carbocycles. The summed E-state index contributed by atoms with van der Waals surface area (Å²) in [5.74, 6) is 2.56. The van der Waals surface area contributed by atoms with Crippen LogP contribution < -0.4 is 4.74 Å². The van der Waals surface area contributed by atoms with Crippen molar-refractivity contribution in [3.05, 3.63) is 24.0 Å². The summed E-state index contributed by atoms with van der Waals surface area (Å²) < 4.78 is 5.47. The Morgan fingerprint density at radius 1 is 1.44 bits per heavy atom. The van der Waals surface area contributed by atoms with Crippen LogP contribution in [0.1, 0.15) is 32.8 Å². The van der Waals surface area contributed by atoms with Gasteiger partial charge in [-0.2, -0.15) is 11.8 Å². The van der Waals surface area contributed by atoms with Crippen molar-refractivity contribution < 1.29 is 9.84 Å². The predicted molar refractivity (Wildman–Crippen MR) is 75.0 cm³/mol. The third-order valence-electron chi connectivity index (χ3n) is 3.80. The van der Waals surface area contributed by atoms with Crippen LogP contribution in [0.15, 0.2) is 18.5 Å². The maximum Gasteiger partial charge on any atom is 0.137 e.